The van der Waals surface area contributed by atoms with Gasteiger partial charge in [0, 0.05) is 10.6 Å². The van der Waals surface area contributed by atoms with E-state index < -0.39 is 11.9 Å². The van der Waals surface area contributed by atoms with Crippen molar-refractivity contribution in [2.24, 2.45) is 0 Å². The Balaban J connectivity index is 1.57. The van der Waals surface area contributed by atoms with Gasteiger partial charge in [-0.2, -0.15) is 27.8 Å². The number of hydrogen-bond acceptors (Lipinski definition) is 4. The fourth-order valence-corrected chi connectivity index (χ4v) is 2.76. The topological polar surface area (TPSA) is 52.3 Å². The van der Waals surface area contributed by atoms with Gasteiger partial charge in [0.2, 0.25) is 0 Å². The lowest BCUT2D eigenvalue weighted by Gasteiger charge is -2.11. The number of nitrogens with zero attached hydrogens (tertiary/aromatic N) is 4. The molecular formula is C19H12ClF3N4O. The van der Waals surface area contributed by atoms with Crippen LogP contribution < -0.4 is 4.74 Å². The van der Waals surface area contributed by atoms with E-state index in [-0.39, 0.29) is 11.5 Å². The number of halogens is 4. The van der Waals surface area contributed by atoms with Gasteiger partial charge in [0.25, 0.3) is 5.78 Å². The molecule has 0 aliphatic carbocycles. The van der Waals surface area contributed by atoms with E-state index in [9.17, 15) is 13.2 Å². The maximum absolute atomic E-state index is 13.3. The minimum Gasteiger partial charge on any atom is -0.489 e. The largest absolute Gasteiger partial charge is 0.489 e. The van der Waals surface area contributed by atoms with Crippen molar-refractivity contribution < 1.29 is 17.9 Å². The highest BCUT2D eigenvalue weighted by Crippen LogP contribution is 2.32. The first kappa shape index (κ1) is 18.2. The standard InChI is InChI=1S/C19H12ClF3N4O/c20-14-5-1-12(2-6-14)10-28-15-7-3-13(4-8-15)16-9-17(19(21,22)23)27-18(26-16)24-11-25-27/h1-9,11H,10H2. The zero-order valence-corrected chi connectivity index (χ0v) is 14.9. The van der Waals surface area contributed by atoms with Gasteiger partial charge < -0.3 is 4.74 Å². The number of benzene rings is 2. The fraction of sp³-hybridized carbons (Fsp3) is 0.105. The van der Waals surface area contributed by atoms with Crippen LogP contribution in [0.2, 0.25) is 5.02 Å². The van der Waals surface area contributed by atoms with Gasteiger partial charge in [-0.25, -0.2) is 4.98 Å². The molecule has 28 heavy (non-hydrogen) atoms. The summed E-state index contributed by atoms with van der Waals surface area (Å²) in [4.78, 5) is 7.92. The zero-order valence-electron chi connectivity index (χ0n) is 14.2. The summed E-state index contributed by atoms with van der Waals surface area (Å²) in [6.45, 7) is 0.346. The highest BCUT2D eigenvalue weighted by molar-refractivity contribution is 6.30. The van der Waals surface area contributed by atoms with Crippen LogP contribution in [0.15, 0.2) is 60.9 Å². The van der Waals surface area contributed by atoms with Crippen molar-refractivity contribution in [3.8, 4) is 17.0 Å². The molecule has 0 amide bonds. The second-order valence-electron chi connectivity index (χ2n) is 5.94. The lowest BCUT2D eigenvalue weighted by molar-refractivity contribution is -0.142. The molecule has 4 aromatic rings. The normalized spacial score (nSPS) is 11.7. The Labute approximate surface area is 162 Å². The smallest absolute Gasteiger partial charge is 0.433 e. The van der Waals surface area contributed by atoms with Gasteiger partial charge in [0.15, 0.2) is 5.69 Å². The van der Waals surface area contributed by atoms with Crippen LogP contribution >= 0.6 is 11.6 Å². The van der Waals surface area contributed by atoms with Crippen LogP contribution in [0.3, 0.4) is 0 Å². The Morgan fingerprint density at radius 3 is 2.39 bits per heavy atom. The first-order valence-corrected chi connectivity index (χ1v) is 8.53. The summed E-state index contributed by atoms with van der Waals surface area (Å²) in [6, 6.07) is 14.8. The molecule has 0 N–H and O–H groups in total. The molecule has 0 atom stereocenters. The summed E-state index contributed by atoms with van der Waals surface area (Å²) < 4.78 is 46.3. The lowest BCUT2D eigenvalue weighted by Crippen LogP contribution is -2.13. The van der Waals surface area contributed by atoms with Crippen molar-refractivity contribution in [1.82, 2.24) is 19.6 Å². The van der Waals surface area contributed by atoms with Gasteiger partial charge in [0.1, 0.15) is 18.7 Å². The van der Waals surface area contributed by atoms with Crippen LogP contribution in [0.1, 0.15) is 11.3 Å². The molecule has 0 spiro atoms. The molecule has 0 unspecified atom stereocenters. The molecule has 2 aromatic heterocycles. The minimum atomic E-state index is -4.58. The molecule has 0 saturated heterocycles. The predicted molar refractivity (Wildman–Crippen MR) is 97.0 cm³/mol. The van der Waals surface area contributed by atoms with Crippen LogP contribution in [-0.4, -0.2) is 19.6 Å². The molecule has 2 heterocycles. The quantitative estimate of drug-likeness (QED) is 0.478. The summed E-state index contributed by atoms with van der Waals surface area (Å²) in [6.07, 6.45) is -3.54. The summed E-state index contributed by atoms with van der Waals surface area (Å²) in [5, 5.41) is 4.23. The van der Waals surface area contributed by atoms with Crippen molar-refractivity contribution in [2.45, 2.75) is 12.8 Å². The fourth-order valence-electron chi connectivity index (χ4n) is 2.63. The highest BCUT2D eigenvalue weighted by atomic mass is 35.5. The van der Waals surface area contributed by atoms with E-state index in [2.05, 4.69) is 15.1 Å². The Kier molecular flexibility index (Phi) is 4.64. The van der Waals surface area contributed by atoms with Gasteiger partial charge in [-0.05, 0) is 48.0 Å². The second kappa shape index (κ2) is 7.12. The summed E-state index contributed by atoms with van der Waals surface area (Å²) in [5.74, 6) is 0.464. The Hall–Kier alpha value is -3.13. The first-order valence-electron chi connectivity index (χ1n) is 8.16. The van der Waals surface area contributed by atoms with Crippen molar-refractivity contribution in [3.63, 3.8) is 0 Å². The van der Waals surface area contributed by atoms with E-state index in [0.717, 1.165) is 18.0 Å². The van der Waals surface area contributed by atoms with Crippen molar-refractivity contribution in [3.05, 3.63) is 77.2 Å². The average molecular weight is 405 g/mol. The van der Waals surface area contributed by atoms with Crippen LogP contribution in [-0.2, 0) is 12.8 Å². The molecular weight excluding hydrogens is 393 g/mol. The van der Waals surface area contributed by atoms with E-state index in [1.807, 2.05) is 12.1 Å². The van der Waals surface area contributed by atoms with Crippen molar-refractivity contribution in [2.75, 3.05) is 0 Å². The van der Waals surface area contributed by atoms with Crippen molar-refractivity contribution >= 4 is 17.4 Å². The summed E-state index contributed by atoms with van der Waals surface area (Å²) in [7, 11) is 0. The Morgan fingerprint density at radius 1 is 1.00 bits per heavy atom. The molecule has 0 fully saturated rings. The van der Waals surface area contributed by atoms with Gasteiger partial charge >= 0.3 is 6.18 Å². The predicted octanol–water partition coefficient (Wildman–Crippen LogP) is 5.04. The maximum Gasteiger partial charge on any atom is 0.433 e. The number of hydrogen-bond donors (Lipinski definition) is 0. The molecule has 0 aliphatic heterocycles. The molecule has 9 heteroatoms. The molecule has 5 nitrogen and oxygen atoms in total. The summed E-state index contributed by atoms with van der Waals surface area (Å²) >= 11 is 5.85. The van der Waals surface area contributed by atoms with Crippen LogP contribution in [0.4, 0.5) is 13.2 Å². The van der Waals surface area contributed by atoms with E-state index in [1.165, 1.54) is 0 Å². The third-order valence-electron chi connectivity index (χ3n) is 4.01. The third-order valence-corrected chi connectivity index (χ3v) is 4.26. The zero-order chi connectivity index (χ0) is 19.7. The van der Waals surface area contributed by atoms with Gasteiger partial charge in [-0.15, -0.1) is 0 Å². The molecule has 2 aromatic carbocycles. The van der Waals surface area contributed by atoms with E-state index >= 15 is 0 Å². The van der Waals surface area contributed by atoms with Crippen LogP contribution in [0.5, 0.6) is 5.75 Å². The van der Waals surface area contributed by atoms with Gasteiger partial charge in [-0.3, -0.25) is 0 Å². The molecule has 0 aliphatic rings. The lowest BCUT2D eigenvalue weighted by atomic mass is 10.1. The maximum atomic E-state index is 13.3. The third kappa shape index (κ3) is 3.77. The molecule has 142 valence electrons. The second-order valence-corrected chi connectivity index (χ2v) is 6.37. The highest BCUT2D eigenvalue weighted by Gasteiger charge is 2.35. The molecule has 4 rings (SSSR count). The molecule has 0 radical (unpaired) electrons. The van der Waals surface area contributed by atoms with E-state index in [0.29, 0.717) is 27.5 Å². The minimum absolute atomic E-state index is 0.118. The van der Waals surface area contributed by atoms with Crippen LogP contribution in [0, 0.1) is 0 Å². The Morgan fingerprint density at radius 2 is 1.71 bits per heavy atom. The van der Waals surface area contributed by atoms with E-state index in [1.54, 1.807) is 36.4 Å². The molecule has 0 saturated carbocycles. The monoisotopic (exact) mass is 404 g/mol. The van der Waals surface area contributed by atoms with Gasteiger partial charge in [-0.1, -0.05) is 23.7 Å². The molecule has 0 bridgehead atoms. The first-order chi connectivity index (χ1) is 13.4. The van der Waals surface area contributed by atoms with Gasteiger partial charge in [0.05, 0.1) is 5.69 Å². The number of aromatic nitrogens is 4. The number of rotatable bonds is 4. The number of fused-ring (bicyclic) bond motifs is 1. The summed E-state index contributed by atoms with van der Waals surface area (Å²) in [5.41, 5.74) is 0.669. The van der Waals surface area contributed by atoms with Crippen molar-refractivity contribution in [1.29, 1.82) is 0 Å². The Bertz CT molecular complexity index is 1110. The van der Waals surface area contributed by atoms with Crippen LogP contribution in [0.25, 0.3) is 17.0 Å². The van der Waals surface area contributed by atoms with E-state index in [4.69, 9.17) is 16.3 Å². The number of ether oxygens (including phenoxy) is 1. The number of alkyl halides is 3. The average Bonchev–Trinajstić information content (AvgIpc) is 3.15. The SMILES string of the molecule is FC(F)(F)c1cc(-c2ccc(OCc3ccc(Cl)cc3)cc2)nc2ncnn12.